The quantitative estimate of drug-likeness (QED) is 0.586. The molecule has 1 atom stereocenters. The Morgan fingerprint density at radius 2 is 2.33 bits per heavy atom. The smallest absolute Gasteiger partial charge is 0.0717 e. The number of hydrogen-bond acceptors (Lipinski definition) is 2. The normalized spacial score (nSPS) is 25.0. The summed E-state index contributed by atoms with van der Waals surface area (Å²) < 4.78 is 5.70. The van der Waals surface area contributed by atoms with Crippen molar-refractivity contribution in [1.29, 1.82) is 0 Å². The number of unbranched alkanes of at least 4 members (excludes halogenated alkanes) is 2. The fraction of sp³-hybridized carbons (Fsp3) is 0.900. The van der Waals surface area contributed by atoms with Gasteiger partial charge in [-0.3, -0.25) is 4.90 Å². The first-order chi connectivity index (χ1) is 5.83. The van der Waals surface area contributed by atoms with E-state index >= 15 is 0 Å². The van der Waals surface area contributed by atoms with Crippen LogP contribution in [0.15, 0.2) is 0 Å². The molecule has 1 radical (unpaired) electrons. The van der Waals surface area contributed by atoms with E-state index in [2.05, 4.69) is 25.4 Å². The molecule has 1 fully saturated rings. The summed E-state index contributed by atoms with van der Waals surface area (Å²) in [5.74, 6) is 0. The summed E-state index contributed by atoms with van der Waals surface area (Å²) in [4.78, 5) is 2.21. The van der Waals surface area contributed by atoms with Gasteiger partial charge in [0.05, 0.1) is 6.10 Å². The van der Waals surface area contributed by atoms with Gasteiger partial charge in [0.2, 0.25) is 0 Å². The van der Waals surface area contributed by atoms with Crippen LogP contribution in [0.5, 0.6) is 0 Å². The number of likely N-dealkylation sites (N-methyl/N-ethyl adjacent to an activating group) is 1. The molecule has 0 bridgehead atoms. The fourth-order valence-corrected chi connectivity index (χ4v) is 1.49. The largest absolute Gasteiger partial charge is 0.377 e. The van der Waals surface area contributed by atoms with E-state index in [1.807, 2.05) is 0 Å². The van der Waals surface area contributed by atoms with Crippen LogP contribution >= 0.6 is 0 Å². The van der Waals surface area contributed by atoms with Crippen LogP contribution in [0.3, 0.4) is 0 Å². The van der Waals surface area contributed by atoms with E-state index in [4.69, 9.17) is 4.74 Å². The van der Waals surface area contributed by atoms with Crippen molar-refractivity contribution in [3.05, 3.63) is 6.54 Å². The Bertz CT molecular complexity index is 116. The third kappa shape index (κ3) is 3.55. The fourth-order valence-electron chi connectivity index (χ4n) is 1.49. The van der Waals surface area contributed by atoms with Gasteiger partial charge in [0.1, 0.15) is 0 Å². The van der Waals surface area contributed by atoms with Crippen molar-refractivity contribution in [2.24, 2.45) is 0 Å². The van der Waals surface area contributed by atoms with E-state index in [0.29, 0.717) is 6.10 Å². The second-order valence-electron chi connectivity index (χ2n) is 3.56. The maximum atomic E-state index is 5.70. The predicted octanol–water partition coefficient (Wildman–Crippen LogP) is 2.06. The summed E-state index contributed by atoms with van der Waals surface area (Å²) in [6, 6.07) is 0. The Balaban J connectivity index is 1.93. The van der Waals surface area contributed by atoms with E-state index in [-0.39, 0.29) is 0 Å². The zero-order valence-electron chi connectivity index (χ0n) is 8.25. The second-order valence-corrected chi connectivity index (χ2v) is 3.56. The second kappa shape index (κ2) is 5.55. The van der Waals surface area contributed by atoms with Crippen LogP contribution in [-0.2, 0) is 4.74 Å². The van der Waals surface area contributed by atoms with Crippen LogP contribution in [0.25, 0.3) is 0 Å². The van der Waals surface area contributed by atoms with Crippen molar-refractivity contribution in [2.45, 2.75) is 38.7 Å². The molecule has 1 saturated heterocycles. The summed E-state index contributed by atoms with van der Waals surface area (Å²) >= 11 is 0. The minimum Gasteiger partial charge on any atom is -0.377 e. The molecule has 12 heavy (non-hydrogen) atoms. The molecule has 0 aromatic carbocycles. The Labute approximate surface area is 75.9 Å². The average Bonchev–Trinajstić information content (AvgIpc) is 2.45. The average molecular weight is 170 g/mol. The summed E-state index contributed by atoms with van der Waals surface area (Å²) in [7, 11) is 2.11. The lowest BCUT2D eigenvalue weighted by Gasteiger charge is -2.11. The van der Waals surface area contributed by atoms with Gasteiger partial charge in [0, 0.05) is 19.7 Å². The lowest BCUT2D eigenvalue weighted by Crippen LogP contribution is -2.18. The number of rotatable bonds is 5. The molecule has 0 spiro atoms. The van der Waals surface area contributed by atoms with Gasteiger partial charge in [-0.05, 0) is 19.9 Å². The SMILES string of the molecule is CCCCCOC1C[CH]N(C)C1. The van der Waals surface area contributed by atoms with Gasteiger partial charge in [0.15, 0.2) is 0 Å². The van der Waals surface area contributed by atoms with Crippen LogP contribution in [0.1, 0.15) is 32.6 Å². The summed E-state index contributed by atoms with van der Waals surface area (Å²) in [6.45, 7) is 6.45. The summed E-state index contributed by atoms with van der Waals surface area (Å²) in [5.41, 5.74) is 0. The first kappa shape index (κ1) is 10.0. The topological polar surface area (TPSA) is 12.5 Å². The first-order valence-corrected chi connectivity index (χ1v) is 4.98. The zero-order valence-corrected chi connectivity index (χ0v) is 8.25. The summed E-state index contributed by atoms with van der Waals surface area (Å²) in [5, 5.41) is 0. The highest BCUT2D eigenvalue weighted by molar-refractivity contribution is 4.82. The molecule has 71 valence electrons. The molecule has 1 aliphatic heterocycles. The van der Waals surface area contributed by atoms with Gasteiger partial charge in [-0.25, -0.2) is 0 Å². The van der Waals surface area contributed by atoms with E-state index in [1.165, 1.54) is 19.3 Å². The molecule has 2 heteroatoms. The molecule has 2 nitrogen and oxygen atoms in total. The third-order valence-corrected chi connectivity index (χ3v) is 2.27. The maximum absolute atomic E-state index is 5.70. The molecule has 0 aromatic heterocycles. The van der Waals surface area contributed by atoms with Crippen molar-refractivity contribution in [2.75, 3.05) is 20.2 Å². The van der Waals surface area contributed by atoms with Gasteiger partial charge >= 0.3 is 0 Å². The van der Waals surface area contributed by atoms with Gasteiger partial charge in [-0.2, -0.15) is 0 Å². The van der Waals surface area contributed by atoms with E-state index in [9.17, 15) is 0 Å². The number of nitrogens with zero attached hydrogens (tertiary/aromatic N) is 1. The molecule has 1 heterocycles. The summed E-state index contributed by atoms with van der Waals surface area (Å²) in [6.07, 6.45) is 5.36. The van der Waals surface area contributed by atoms with Crippen molar-refractivity contribution < 1.29 is 4.74 Å². The van der Waals surface area contributed by atoms with Crippen molar-refractivity contribution in [3.8, 4) is 0 Å². The first-order valence-electron chi connectivity index (χ1n) is 4.98. The minimum absolute atomic E-state index is 0.465. The molecule has 0 amide bonds. The molecular formula is C10H20NO. The Morgan fingerprint density at radius 3 is 2.92 bits per heavy atom. The monoisotopic (exact) mass is 170 g/mol. The molecule has 0 saturated carbocycles. The molecule has 0 N–H and O–H groups in total. The third-order valence-electron chi connectivity index (χ3n) is 2.27. The van der Waals surface area contributed by atoms with Gasteiger partial charge in [0.25, 0.3) is 0 Å². The maximum Gasteiger partial charge on any atom is 0.0717 e. The van der Waals surface area contributed by atoms with Crippen LogP contribution in [0.2, 0.25) is 0 Å². The zero-order chi connectivity index (χ0) is 8.81. The Hall–Kier alpha value is -0.0800. The number of likely N-dealkylation sites (tertiary alicyclic amines) is 1. The van der Waals surface area contributed by atoms with Crippen LogP contribution < -0.4 is 0 Å². The standard InChI is InChI=1S/C10H20NO/c1-3-4-5-8-12-10-6-7-11(2)9-10/h7,10H,3-6,8-9H2,1-2H3. The minimum atomic E-state index is 0.465. The molecule has 1 unspecified atom stereocenters. The highest BCUT2D eigenvalue weighted by Gasteiger charge is 2.19. The van der Waals surface area contributed by atoms with E-state index < -0.39 is 0 Å². The number of hydrogen-bond donors (Lipinski definition) is 0. The molecule has 0 aliphatic carbocycles. The van der Waals surface area contributed by atoms with Gasteiger partial charge in [-0.1, -0.05) is 19.8 Å². The van der Waals surface area contributed by atoms with E-state index in [0.717, 1.165) is 19.6 Å². The van der Waals surface area contributed by atoms with Crippen molar-refractivity contribution in [1.82, 2.24) is 4.90 Å². The van der Waals surface area contributed by atoms with E-state index in [1.54, 1.807) is 0 Å². The van der Waals surface area contributed by atoms with Crippen LogP contribution in [0.4, 0.5) is 0 Å². The lowest BCUT2D eigenvalue weighted by atomic mass is 10.2. The number of ether oxygens (including phenoxy) is 1. The predicted molar refractivity (Wildman–Crippen MR) is 50.8 cm³/mol. The van der Waals surface area contributed by atoms with Crippen molar-refractivity contribution >= 4 is 0 Å². The van der Waals surface area contributed by atoms with Crippen LogP contribution in [-0.4, -0.2) is 31.2 Å². The van der Waals surface area contributed by atoms with Gasteiger partial charge < -0.3 is 4.74 Å². The Morgan fingerprint density at radius 1 is 1.50 bits per heavy atom. The van der Waals surface area contributed by atoms with Crippen LogP contribution in [0, 0.1) is 6.54 Å². The van der Waals surface area contributed by atoms with Crippen molar-refractivity contribution in [3.63, 3.8) is 0 Å². The Kier molecular flexibility index (Phi) is 4.62. The molecular weight excluding hydrogens is 150 g/mol. The van der Waals surface area contributed by atoms with Gasteiger partial charge in [-0.15, -0.1) is 0 Å². The lowest BCUT2D eigenvalue weighted by molar-refractivity contribution is 0.0585. The highest BCUT2D eigenvalue weighted by atomic mass is 16.5. The highest BCUT2D eigenvalue weighted by Crippen LogP contribution is 2.14. The molecule has 1 rings (SSSR count). The molecule has 0 aromatic rings. The molecule has 1 aliphatic rings.